The number of ketones is 1. The van der Waals surface area contributed by atoms with E-state index in [0.29, 0.717) is 12.8 Å². The SMILES string of the molecule is CN(C)CCC(=O)C(C)(C)Cc1ccc(F)cc1. The van der Waals surface area contributed by atoms with Gasteiger partial charge in [0.1, 0.15) is 11.6 Å². The van der Waals surface area contributed by atoms with Crippen molar-refractivity contribution in [1.82, 2.24) is 4.90 Å². The van der Waals surface area contributed by atoms with E-state index in [9.17, 15) is 9.18 Å². The zero-order valence-corrected chi connectivity index (χ0v) is 11.7. The van der Waals surface area contributed by atoms with Crippen molar-refractivity contribution in [3.63, 3.8) is 0 Å². The summed E-state index contributed by atoms with van der Waals surface area (Å²) in [6.07, 6.45) is 1.21. The summed E-state index contributed by atoms with van der Waals surface area (Å²) in [6.45, 7) is 4.67. The number of nitrogens with zero attached hydrogens (tertiary/aromatic N) is 1. The van der Waals surface area contributed by atoms with Crippen LogP contribution in [0.5, 0.6) is 0 Å². The average Bonchev–Trinajstić information content (AvgIpc) is 2.28. The highest BCUT2D eigenvalue weighted by Crippen LogP contribution is 2.24. The maximum atomic E-state index is 12.8. The molecular formula is C15H22FNO. The molecule has 0 saturated heterocycles. The van der Waals surface area contributed by atoms with Crippen molar-refractivity contribution in [1.29, 1.82) is 0 Å². The summed E-state index contributed by atoms with van der Waals surface area (Å²) in [5.74, 6) is 0.0102. The van der Waals surface area contributed by atoms with Crippen LogP contribution in [-0.2, 0) is 11.2 Å². The van der Waals surface area contributed by atoms with Crippen LogP contribution in [0.2, 0.25) is 0 Å². The molecular weight excluding hydrogens is 229 g/mol. The van der Waals surface area contributed by atoms with E-state index < -0.39 is 5.41 Å². The summed E-state index contributed by atoms with van der Waals surface area (Å²) in [6, 6.07) is 6.37. The van der Waals surface area contributed by atoms with Crippen molar-refractivity contribution in [2.45, 2.75) is 26.7 Å². The zero-order chi connectivity index (χ0) is 13.8. The number of benzene rings is 1. The molecule has 0 aromatic heterocycles. The zero-order valence-electron chi connectivity index (χ0n) is 11.7. The summed E-state index contributed by atoms with van der Waals surface area (Å²) in [5.41, 5.74) is 0.605. The average molecular weight is 251 g/mol. The highest BCUT2D eigenvalue weighted by molar-refractivity contribution is 5.84. The summed E-state index contributed by atoms with van der Waals surface area (Å²) >= 11 is 0. The molecule has 100 valence electrons. The first kappa shape index (κ1) is 14.8. The van der Waals surface area contributed by atoms with Gasteiger partial charge in [-0.1, -0.05) is 26.0 Å². The number of rotatable bonds is 6. The number of carbonyl (C=O) groups is 1. The molecule has 1 rings (SSSR count). The van der Waals surface area contributed by atoms with Gasteiger partial charge < -0.3 is 4.90 Å². The quantitative estimate of drug-likeness (QED) is 0.775. The van der Waals surface area contributed by atoms with Crippen LogP contribution in [-0.4, -0.2) is 31.3 Å². The molecule has 2 nitrogen and oxygen atoms in total. The Labute approximate surface area is 109 Å². The van der Waals surface area contributed by atoms with Crippen LogP contribution >= 0.6 is 0 Å². The van der Waals surface area contributed by atoms with Crippen LogP contribution in [0.3, 0.4) is 0 Å². The topological polar surface area (TPSA) is 20.3 Å². The largest absolute Gasteiger partial charge is 0.309 e. The van der Waals surface area contributed by atoms with Gasteiger partial charge in [-0.2, -0.15) is 0 Å². The standard InChI is InChI=1S/C15H22FNO/c1-15(2,14(18)9-10-17(3)4)11-12-5-7-13(16)8-6-12/h5-8H,9-11H2,1-4H3. The predicted molar refractivity (Wildman–Crippen MR) is 72.1 cm³/mol. The molecule has 0 heterocycles. The summed E-state index contributed by atoms with van der Waals surface area (Å²) in [5, 5.41) is 0. The van der Waals surface area contributed by atoms with Crippen LogP contribution in [0.15, 0.2) is 24.3 Å². The van der Waals surface area contributed by atoms with Gasteiger partial charge in [0.05, 0.1) is 0 Å². The third-order valence-electron chi connectivity index (χ3n) is 3.10. The Hall–Kier alpha value is -1.22. The van der Waals surface area contributed by atoms with Crippen LogP contribution in [0.25, 0.3) is 0 Å². The van der Waals surface area contributed by atoms with Gasteiger partial charge in [0.2, 0.25) is 0 Å². The van der Waals surface area contributed by atoms with Crippen LogP contribution in [0.1, 0.15) is 25.8 Å². The van der Waals surface area contributed by atoms with E-state index >= 15 is 0 Å². The molecule has 0 unspecified atom stereocenters. The molecule has 0 aliphatic carbocycles. The maximum absolute atomic E-state index is 12.8. The van der Waals surface area contributed by atoms with Crippen molar-refractivity contribution in [3.05, 3.63) is 35.6 Å². The van der Waals surface area contributed by atoms with Crippen molar-refractivity contribution < 1.29 is 9.18 Å². The first-order valence-electron chi connectivity index (χ1n) is 6.24. The number of hydrogen-bond donors (Lipinski definition) is 0. The molecule has 0 fully saturated rings. The molecule has 3 heteroatoms. The molecule has 1 aromatic rings. The second-order valence-corrected chi connectivity index (χ2v) is 5.66. The summed E-state index contributed by atoms with van der Waals surface area (Å²) in [7, 11) is 3.92. The lowest BCUT2D eigenvalue weighted by Gasteiger charge is -2.24. The van der Waals surface area contributed by atoms with E-state index in [1.54, 1.807) is 12.1 Å². The Kier molecular flexibility index (Phi) is 5.03. The first-order chi connectivity index (χ1) is 8.31. The van der Waals surface area contributed by atoms with E-state index in [0.717, 1.165) is 12.1 Å². The minimum absolute atomic E-state index is 0.240. The first-order valence-corrected chi connectivity index (χ1v) is 6.24. The lowest BCUT2D eigenvalue weighted by atomic mass is 9.80. The van der Waals surface area contributed by atoms with E-state index in [4.69, 9.17) is 0 Å². The minimum Gasteiger partial charge on any atom is -0.309 e. The lowest BCUT2D eigenvalue weighted by molar-refractivity contribution is -0.127. The smallest absolute Gasteiger partial charge is 0.140 e. The predicted octanol–water partition coefficient (Wildman–Crippen LogP) is 2.92. The van der Waals surface area contributed by atoms with Crippen molar-refractivity contribution >= 4 is 5.78 Å². The number of hydrogen-bond acceptors (Lipinski definition) is 2. The molecule has 18 heavy (non-hydrogen) atoms. The van der Waals surface area contributed by atoms with Gasteiger partial charge in [-0.15, -0.1) is 0 Å². The molecule has 0 aliphatic heterocycles. The van der Waals surface area contributed by atoms with Crippen molar-refractivity contribution in [2.75, 3.05) is 20.6 Å². The van der Waals surface area contributed by atoms with Gasteiger partial charge in [-0.05, 0) is 38.2 Å². The Balaban J connectivity index is 2.63. The van der Waals surface area contributed by atoms with Crippen molar-refractivity contribution in [2.24, 2.45) is 5.41 Å². The molecule has 0 N–H and O–H groups in total. The highest BCUT2D eigenvalue weighted by Gasteiger charge is 2.27. The van der Waals surface area contributed by atoms with Crippen LogP contribution < -0.4 is 0 Å². The van der Waals surface area contributed by atoms with Gasteiger partial charge >= 0.3 is 0 Å². The Morgan fingerprint density at radius 2 is 1.78 bits per heavy atom. The monoisotopic (exact) mass is 251 g/mol. The van der Waals surface area contributed by atoms with E-state index in [2.05, 4.69) is 0 Å². The summed E-state index contributed by atoms with van der Waals surface area (Å²) in [4.78, 5) is 14.1. The Morgan fingerprint density at radius 1 is 1.22 bits per heavy atom. The van der Waals surface area contributed by atoms with Crippen molar-refractivity contribution in [3.8, 4) is 0 Å². The number of halogens is 1. The Morgan fingerprint density at radius 3 is 2.28 bits per heavy atom. The van der Waals surface area contributed by atoms with Gasteiger partial charge in [-0.3, -0.25) is 4.79 Å². The van der Waals surface area contributed by atoms with E-state index in [1.165, 1.54) is 12.1 Å². The fourth-order valence-electron chi connectivity index (χ4n) is 1.87. The molecule has 0 bridgehead atoms. The van der Waals surface area contributed by atoms with E-state index in [-0.39, 0.29) is 11.6 Å². The van der Waals surface area contributed by atoms with Gasteiger partial charge in [0.15, 0.2) is 0 Å². The van der Waals surface area contributed by atoms with E-state index in [1.807, 2.05) is 32.8 Å². The third-order valence-corrected chi connectivity index (χ3v) is 3.10. The second-order valence-electron chi connectivity index (χ2n) is 5.66. The molecule has 0 amide bonds. The maximum Gasteiger partial charge on any atom is 0.140 e. The van der Waals surface area contributed by atoms with Gasteiger partial charge in [0, 0.05) is 18.4 Å². The minimum atomic E-state index is -0.395. The molecule has 1 aromatic carbocycles. The van der Waals surface area contributed by atoms with Gasteiger partial charge in [0.25, 0.3) is 0 Å². The number of carbonyl (C=O) groups excluding carboxylic acids is 1. The summed E-state index contributed by atoms with van der Waals surface area (Å²) < 4.78 is 12.8. The highest BCUT2D eigenvalue weighted by atomic mass is 19.1. The molecule has 0 spiro atoms. The third kappa shape index (κ3) is 4.57. The van der Waals surface area contributed by atoms with Crippen LogP contribution in [0, 0.1) is 11.2 Å². The van der Waals surface area contributed by atoms with Gasteiger partial charge in [-0.25, -0.2) is 4.39 Å². The molecule has 0 saturated carbocycles. The fraction of sp³-hybridized carbons (Fsp3) is 0.533. The van der Waals surface area contributed by atoms with Crippen LogP contribution in [0.4, 0.5) is 4.39 Å². The normalized spacial score (nSPS) is 11.9. The molecule has 0 aliphatic rings. The Bertz CT molecular complexity index is 395. The molecule has 0 radical (unpaired) electrons. The lowest BCUT2D eigenvalue weighted by Crippen LogP contribution is -2.29. The second kappa shape index (κ2) is 6.10. The fourth-order valence-corrected chi connectivity index (χ4v) is 1.87. The number of Topliss-reactive ketones (excluding diaryl/α,β-unsaturated/α-hetero) is 1. The molecule has 0 atom stereocenters.